The average Bonchev–Trinajstić information content (AvgIpc) is 3.10. The largest absolute Gasteiger partial charge is 0.273 e. The fourth-order valence-electron chi connectivity index (χ4n) is 3.89. The molecule has 118 valence electrons. The Hall–Kier alpha value is -1.55. The Morgan fingerprint density at radius 3 is 2.41 bits per heavy atom. The van der Waals surface area contributed by atoms with E-state index in [2.05, 4.69) is 10.9 Å². The van der Waals surface area contributed by atoms with Gasteiger partial charge in [0.2, 0.25) is 11.8 Å². The highest BCUT2D eigenvalue weighted by atomic mass is 35.5. The summed E-state index contributed by atoms with van der Waals surface area (Å²) in [6, 6.07) is 7.10. The van der Waals surface area contributed by atoms with Gasteiger partial charge in [-0.05, 0) is 54.7 Å². The van der Waals surface area contributed by atoms with Crippen LogP contribution in [0, 0.1) is 17.8 Å². The third-order valence-electron chi connectivity index (χ3n) is 4.95. The molecule has 1 aromatic carbocycles. The number of carbonyl (C=O) groups is 2. The summed E-state index contributed by atoms with van der Waals surface area (Å²) >= 11 is 5.80. The van der Waals surface area contributed by atoms with E-state index in [0.29, 0.717) is 17.4 Å². The SMILES string of the molecule is O=C(Cc1ccc(Cl)cc1)NNC(=O)CC1CC2CCC1C2. The van der Waals surface area contributed by atoms with E-state index in [0.717, 1.165) is 17.4 Å². The molecule has 2 N–H and O–H groups in total. The van der Waals surface area contributed by atoms with Gasteiger partial charge in [0.05, 0.1) is 6.42 Å². The molecule has 3 unspecified atom stereocenters. The van der Waals surface area contributed by atoms with Crippen LogP contribution in [0.5, 0.6) is 0 Å². The van der Waals surface area contributed by atoms with Crippen LogP contribution in [0.1, 0.15) is 37.7 Å². The van der Waals surface area contributed by atoms with Crippen LogP contribution in [0.3, 0.4) is 0 Å². The summed E-state index contributed by atoms with van der Waals surface area (Å²) in [6.07, 6.45) is 5.83. The van der Waals surface area contributed by atoms with Crippen molar-refractivity contribution in [3.63, 3.8) is 0 Å². The van der Waals surface area contributed by atoms with E-state index in [1.165, 1.54) is 25.7 Å². The Morgan fingerprint density at radius 1 is 1.05 bits per heavy atom. The molecule has 2 bridgehead atoms. The number of halogens is 1. The Bertz CT molecular complexity index is 558. The molecule has 2 saturated carbocycles. The Balaban J connectivity index is 1.39. The quantitative estimate of drug-likeness (QED) is 0.838. The molecule has 0 heterocycles. The zero-order chi connectivity index (χ0) is 15.5. The number of hydrogen-bond acceptors (Lipinski definition) is 2. The Morgan fingerprint density at radius 2 is 1.77 bits per heavy atom. The van der Waals surface area contributed by atoms with E-state index in [4.69, 9.17) is 11.6 Å². The third-order valence-corrected chi connectivity index (χ3v) is 5.20. The summed E-state index contributed by atoms with van der Waals surface area (Å²) in [7, 11) is 0. The van der Waals surface area contributed by atoms with Gasteiger partial charge in [0.1, 0.15) is 0 Å². The molecular weight excluding hydrogens is 300 g/mol. The van der Waals surface area contributed by atoms with E-state index >= 15 is 0 Å². The molecule has 22 heavy (non-hydrogen) atoms. The summed E-state index contributed by atoms with van der Waals surface area (Å²) < 4.78 is 0. The van der Waals surface area contributed by atoms with Gasteiger partial charge in [-0.15, -0.1) is 0 Å². The monoisotopic (exact) mass is 320 g/mol. The second-order valence-corrected chi connectivity index (χ2v) is 6.98. The molecule has 2 aliphatic rings. The molecule has 2 aliphatic carbocycles. The molecule has 0 aromatic heterocycles. The minimum absolute atomic E-state index is 0.0815. The van der Waals surface area contributed by atoms with E-state index in [1.54, 1.807) is 24.3 Å². The van der Waals surface area contributed by atoms with Gasteiger partial charge in [-0.1, -0.05) is 30.2 Å². The second kappa shape index (κ2) is 6.69. The van der Waals surface area contributed by atoms with Gasteiger partial charge in [0, 0.05) is 11.4 Å². The van der Waals surface area contributed by atoms with Gasteiger partial charge in [0.25, 0.3) is 0 Å². The molecule has 0 spiro atoms. The number of nitrogens with one attached hydrogen (secondary N) is 2. The Labute approximate surface area is 135 Å². The molecular formula is C17H21ClN2O2. The van der Waals surface area contributed by atoms with Crippen molar-refractivity contribution in [2.45, 2.75) is 38.5 Å². The van der Waals surface area contributed by atoms with E-state index < -0.39 is 0 Å². The molecule has 0 saturated heterocycles. The highest BCUT2D eigenvalue weighted by Gasteiger charge is 2.40. The van der Waals surface area contributed by atoms with Crippen LogP contribution >= 0.6 is 11.6 Å². The van der Waals surface area contributed by atoms with Gasteiger partial charge in [-0.25, -0.2) is 0 Å². The van der Waals surface area contributed by atoms with Crippen molar-refractivity contribution in [1.29, 1.82) is 0 Å². The number of rotatable bonds is 4. The second-order valence-electron chi connectivity index (χ2n) is 6.54. The van der Waals surface area contributed by atoms with Gasteiger partial charge in [-0.3, -0.25) is 20.4 Å². The average molecular weight is 321 g/mol. The molecule has 4 nitrogen and oxygen atoms in total. The number of hydrogen-bond donors (Lipinski definition) is 2. The van der Waals surface area contributed by atoms with Crippen LogP contribution in [0.4, 0.5) is 0 Å². The molecule has 2 amide bonds. The van der Waals surface area contributed by atoms with Crippen molar-refractivity contribution in [2.24, 2.45) is 17.8 Å². The summed E-state index contributed by atoms with van der Waals surface area (Å²) in [5.41, 5.74) is 5.89. The summed E-state index contributed by atoms with van der Waals surface area (Å²) in [5, 5.41) is 0.642. The molecule has 5 heteroatoms. The topological polar surface area (TPSA) is 58.2 Å². The van der Waals surface area contributed by atoms with Gasteiger partial charge < -0.3 is 0 Å². The summed E-state index contributed by atoms with van der Waals surface area (Å²) in [6.45, 7) is 0. The molecule has 0 radical (unpaired) electrons. The Kier molecular flexibility index (Phi) is 4.67. The van der Waals surface area contributed by atoms with Crippen LogP contribution in [-0.2, 0) is 16.0 Å². The zero-order valence-corrected chi connectivity index (χ0v) is 13.2. The van der Waals surface area contributed by atoms with Crippen molar-refractivity contribution in [2.75, 3.05) is 0 Å². The standard InChI is InChI=1S/C17H21ClN2O2/c18-15-5-2-11(3-6-15)9-16(21)19-20-17(22)10-14-8-12-1-4-13(14)7-12/h2-3,5-6,12-14H,1,4,7-10H2,(H,19,21)(H,20,22). The normalized spacial score (nSPS) is 26.0. The predicted octanol–water partition coefficient (Wildman–Crippen LogP) is 2.86. The lowest BCUT2D eigenvalue weighted by atomic mass is 9.86. The number of hydrazine groups is 1. The first kappa shape index (κ1) is 15.3. The van der Waals surface area contributed by atoms with Crippen molar-refractivity contribution < 1.29 is 9.59 Å². The first-order valence-electron chi connectivity index (χ1n) is 7.92. The third kappa shape index (κ3) is 3.80. The van der Waals surface area contributed by atoms with Gasteiger partial charge in [0.15, 0.2) is 0 Å². The summed E-state index contributed by atoms with van der Waals surface area (Å²) in [5.74, 6) is 1.76. The van der Waals surface area contributed by atoms with E-state index in [-0.39, 0.29) is 18.2 Å². The van der Waals surface area contributed by atoms with Crippen LogP contribution in [-0.4, -0.2) is 11.8 Å². The first-order chi connectivity index (χ1) is 10.6. The van der Waals surface area contributed by atoms with Crippen LogP contribution < -0.4 is 10.9 Å². The van der Waals surface area contributed by atoms with E-state index in [9.17, 15) is 9.59 Å². The minimum Gasteiger partial charge on any atom is -0.273 e. The molecule has 2 fully saturated rings. The van der Waals surface area contributed by atoms with Gasteiger partial charge in [-0.2, -0.15) is 0 Å². The van der Waals surface area contributed by atoms with Crippen molar-refractivity contribution in [3.8, 4) is 0 Å². The van der Waals surface area contributed by atoms with Crippen molar-refractivity contribution in [1.82, 2.24) is 10.9 Å². The first-order valence-corrected chi connectivity index (χ1v) is 8.30. The van der Waals surface area contributed by atoms with Crippen LogP contribution in [0.2, 0.25) is 5.02 Å². The lowest BCUT2D eigenvalue weighted by Crippen LogP contribution is -2.43. The van der Waals surface area contributed by atoms with Gasteiger partial charge >= 0.3 is 0 Å². The molecule has 3 atom stereocenters. The molecule has 1 aromatic rings. The fourth-order valence-corrected chi connectivity index (χ4v) is 4.01. The smallest absolute Gasteiger partial charge is 0.242 e. The summed E-state index contributed by atoms with van der Waals surface area (Å²) in [4.78, 5) is 23.7. The number of benzene rings is 1. The highest BCUT2D eigenvalue weighted by molar-refractivity contribution is 6.30. The maximum absolute atomic E-state index is 11.9. The lowest BCUT2D eigenvalue weighted by Gasteiger charge is -2.20. The maximum Gasteiger partial charge on any atom is 0.242 e. The van der Waals surface area contributed by atoms with Crippen molar-refractivity contribution >= 4 is 23.4 Å². The predicted molar refractivity (Wildman–Crippen MR) is 85.0 cm³/mol. The van der Waals surface area contributed by atoms with Crippen molar-refractivity contribution in [3.05, 3.63) is 34.9 Å². The number of fused-ring (bicyclic) bond motifs is 2. The van der Waals surface area contributed by atoms with E-state index in [1.807, 2.05) is 0 Å². The fraction of sp³-hybridized carbons (Fsp3) is 0.529. The molecule has 3 rings (SSSR count). The minimum atomic E-state index is -0.219. The zero-order valence-electron chi connectivity index (χ0n) is 12.5. The number of carbonyl (C=O) groups excluding carboxylic acids is 2. The maximum atomic E-state index is 11.9. The molecule has 0 aliphatic heterocycles. The van der Waals surface area contributed by atoms with Crippen LogP contribution in [0.15, 0.2) is 24.3 Å². The lowest BCUT2D eigenvalue weighted by molar-refractivity contribution is -0.129. The van der Waals surface area contributed by atoms with Crippen LogP contribution in [0.25, 0.3) is 0 Å². The number of amides is 2. The highest BCUT2D eigenvalue weighted by Crippen LogP contribution is 2.49.